The molecule has 1 N–H and O–H groups in total. The van der Waals surface area contributed by atoms with Gasteiger partial charge in [-0.3, -0.25) is 4.68 Å². The molecule has 4 nitrogen and oxygen atoms in total. The summed E-state index contributed by atoms with van der Waals surface area (Å²) >= 11 is 1.33. The smallest absolute Gasteiger partial charge is 0.345 e. The molecule has 2 heterocycles. The zero-order valence-electron chi connectivity index (χ0n) is 9.10. The number of aromatic carboxylic acids is 1. The Morgan fingerprint density at radius 1 is 1.62 bits per heavy atom. The standard InChI is InChI=1S/C11H12N2O2S/c1-3-9-7(6-10(16-9)11(14)15)8-4-5-12-13(8)2/h4-6H,3H2,1-2H3,(H,14,15). The van der Waals surface area contributed by atoms with E-state index in [4.69, 9.17) is 5.11 Å². The molecular formula is C11H12N2O2S. The number of aryl methyl sites for hydroxylation is 2. The van der Waals surface area contributed by atoms with E-state index in [2.05, 4.69) is 5.10 Å². The number of rotatable bonds is 3. The number of carbonyl (C=O) groups is 1. The predicted octanol–water partition coefficient (Wildman–Crippen LogP) is 2.41. The van der Waals surface area contributed by atoms with Crippen LogP contribution in [0, 0.1) is 0 Å². The van der Waals surface area contributed by atoms with E-state index in [0.717, 1.165) is 22.6 Å². The second-order valence-corrected chi connectivity index (χ2v) is 4.58. The molecule has 0 aliphatic heterocycles. The number of carboxylic acid groups (broad SMARTS) is 1. The van der Waals surface area contributed by atoms with E-state index in [1.165, 1.54) is 11.3 Å². The maximum atomic E-state index is 10.9. The largest absolute Gasteiger partial charge is 0.477 e. The SMILES string of the molecule is CCc1sc(C(=O)O)cc1-c1ccnn1C. The summed E-state index contributed by atoms with van der Waals surface area (Å²) in [5.41, 5.74) is 1.94. The molecule has 2 aromatic heterocycles. The van der Waals surface area contributed by atoms with Gasteiger partial charge in [0.1, 0.15) is 4.88 Å². The second-order valence-electron chi connectivity index (χ2n) is 3.45. The fourth-order valence-corrected chi connectivity index (χ4v) is 2.60. The summed E-state index contributed by atoms with van der Waals surface area (Å²) in [4.78, 5) is 12.4. The number of aromatic nitrogens is 2. The van der Waals surface area contributed by atoms with Crippen molar-refractivity contribution in [2.75, 3.05) is 0 Å². The normalized spacial score (nSPS) is 10.6. The lowest BCUT2D eigenvalue weighted by Gasteiger charge is -2.01. The molecular weight excluding hydrogens is 224 g/mol. The molecule has 0 unspecified atom stereocenters. The van der Waals surface area contributed by atoms with Gasteiger partial charge in [0, 0.05) is 23.7 Å². The quantitative estimate of drug-likeness (QED) is 0.890. The van der Waals surface area contributed by atoms with Gasteiger partial charge in [-0.1, -0.05) is 6.92 Å². The van der Waals surface area contributed by atoms with Crippen molar-refractivity contribution in [1.29, 1.82) is 0 Å². The molecule has 0 aliphatic carbocycles. The Labute approximate surface area is 97.2 Å². The topological polar surface area (TPSA) is 55.1 Å². The highest BCUT2D eigenvalue weighted by Crippen LogP contribution is 2.31. The van der Waals surface area contributed by atoms with Crippen LogP contribution in [-0.2, 0) is 13.5 Å². The maximum Gasteiger partial charge on any atom is 0.345 e. The Hall–Kier alpha value is -1.62. The van der Waals surface area contributed by atoms with Gasteiger partial charge in [0.25, 0.3) is 0 Å². The molecule has 2 rings (SSSR count). The fraction of sp³-hybridized carbons (Fsp3) is 0.273. The average Bonchev–Trinajstić information content (AvgIpc) is 2.82. The summed E-state index contributed by atoms with van der Waals surface area (Å²) in [5, 5.41) is 13.1. The number of hydrogen-bond donors (Lipinski definition) is 1. The molecule has 0 amide bonds. The van der Waals surface area contributed by atoms with Gasteiger partial charge >= 0.3 is 5.97 Å². The van der Waals surface area contributed by atoms with Crippen molar-refractivity contribution >= 4 is 17.3 Å². The highest BCUT2D eigenvalue weighted by atomic mass is 32.1. The van der Waals surface area contributed by atoms with Gasteiger partial charge in [0.15, 0.2) is 0 Å². The molecule has 84 valence electrons. The molecule has 0 fully saturated rings. The highest BCUT2D eigenvalue weighted by Gasteiger charge is 2.15. The first-order valence-corrected chi connectivity index (χ1v) is 5.79. The first-order chi connectivity index (χ1) is 7.63. The van der Waals surface area contributed by atoms with Crippen LogP contribution < -0.4 is 0 Å². The highest BCUT2D eigenvalue weighted by molar-refractivity contribution is 7.14. The molecule has 0 spiro atoms. The molecule has 0 atom stereocenters. The molecule has 2 aromatic rings. The molecule has 0 aliphatic rings. The lowest BCUT2D eigenvalue weighted by atomic mass is 10.1. The van der Waals surface area contributed by atoms with Crippen molar-refractivity contribution in [2.45, 2.75) is 13.3 Å². The summed E-state index contributed by atoms with van der Waals surface area (Å²) in [6.45, 7) is 2.03. The first-order valence-electron chi connectivity index (χ1n) is 4.98. The maximum absolute atomic E-state index is 10.9. The molecule has 0 aromatic carbocycles. The molecule has 0 saturated carbocycles. The Balaban J connectivity index is 2.56. The van der Waals surface area contributed by atoms with Crippen LogP contribution in [0.2, 0.25) is 0 Å². The molecule has 16 heavy (non-hydrogen) atoms. The summed E-state index contributed by atoms with van der Waals surface area (Å²) < 4.78 is 1.76. The minimum atomic E-state index is -0.867. The predicted molar refractivity (Wildman–Crippen MR) is 62.9 cm³/mol. The van der Waals surface area contributed by atoms with E-state index in [-0.39, 0.29) is 0 Å². The van der Waals surface area contributed by atoms with Gasteiger partial charge in [-0.05, 0) is 18.6 Å². The van der Waals surface area contributed by atoms with Crippen molar-refractivity contribution in [1.82, 2.24) is 9.78 Å². The van der Waals surface area contributed by atoms with E-state index in [1.807, 2.05) is 20.0 Å². The Morgan fingerprint density at radius 3 is 2.88 bits per heavy atom. The van der Waals surface area contributed by atoms with Crippen molar-refractivity contribution in [3.05, 3.63) is 28.1 Å². The van der Waals surface area contributed by atoms with Crippen LogP contribution in [0.25, 0.3) is 11.3 Å². The van der Waals surface area contributed by atoms with Gasteiger partial charge in [-0.15, -0.1) is 11.3 Å². The van der Waals surface area contributed by atoms with Crippen LogP contribution in [0.4, 0.5) is 0 Å². The lowest BCUT2D eigenvalue weighted by molar-refractivity contribution is 0.0702. The second kappa shape index (κ2) is 4.09. The Morgan fingerprint density at radius 2 is 2.38 bits per heavy atom. The molecule has 0 saturated heterocycles. The van der Waals surface area contributed by atoms with Gasteiger partial charge in [0.2, 0.25) is 0 Å². The van der Waals surface area contributed by atoms with Gasteiger partial charge in [0.05, 0.1) is 5.69 Å². The number of carboxylic acids is 1. The zero-order valence-corrected chi connectivity index (χ0v) is 9.91. The van der Waals surface area contributed by atoms with Crippen molar-refractivity contribution in [3.8, 4) is 11.3 Å². The van der Waals surface area contributed by atoms with Crippen LogP contribution in [0.15, 0.2) is 18.3 Å². The lowest BCUT2D eigenvalue weighted by Crippen LogP contribution is -1.94. The zero-order chi connectivity index (χ0) is 11.7. The number of nitrogens with zero attached hydrogens (tertiary/aromatic N) is 2. The van der Waals surface area contributed by atoms with E-state index in [0.29, 0.717) is 4.88 Å². The van der Waals surface area contributed by atoms with Crippen LogP contribution in [0.1, 0.15) is 21.5 Å². The van der Waals surface area contributed by atoms with E-state index in [9.17, 15) is 4.79 Å². The van der Waals surface area contributed by atoms with Gasteiger partial charge in [-0.25, -0.2) is 4.79 Å². The van der Waals surface area contributed by atoms with E-state index >= 15 is 0 Å². The number of hydrogen-bond acceptors (Lipinski definition) is 3. The van der Waals surface area contributed by atoms with E-state index in [1.54, 1.807) is 16.9 Å². The Kier molecular flexibility index (Phi) is 2.78. The van der Waals surface area contributed by atoms with E-state index < -0.39 is 5.97 Å². The fourth-order valence-electron chi connectivity index (χ4n) is 1.65. The third-order valence-electron chi connectivity index (χ3n) is 2.44. The molecule has 5 heteroatoms. The van der Waals surface area contributed by atoms with Gasteiger partial charge < -0.3 is 5.11 Å². The minimum Gasteiger partial charge on any atom is -0.477 e. The van der Waals surface area contributed by atoms with Crippen molar-refractivity contribution < 1.29 is 9.90 Å². The monoisotopic (exact) mass is 236 g/mol. The molecule has 0 radical (unpaired) electrons. The summed E-state index contributed by atoms with van der Waals surface area (Å²) in [7, 11) is 1.85. The van der Waals surface area contributed by atoms with Crippen LogP contribution >= 0.6 is 11.3 Å². The van der Waals surface area contributed by atoms with Gasteiger partial charge in [-0.2, -0.15) is 5.10 Å². The summed E-state index contributed by atoms with van der Waals surface area (Å²) in [6.07, 6.45) is 2.55. The third kappa shape index (κ3) is 1.74. The van der Waals surface area contributed by atoms with Crippen LogP contribution in [-0.4, -0.2) is 20.9 Å². The third-order valence-corrected chi connectivity index (χ3v) is 3.71. The number of thiophene rings is 1. The Bertz CT molecular complexity index is 528. The van der Waals surface area contributed by atoms with Crippen LogP contribution in [0.5, 0.6) is 0 Å². The van der Waals surface area contributed by atoms with Crippen molar-refractivity contribution in [2.24, 2.45) is 7.05 Å². The van der Waals surface area contributed by atoms with Crippen molar-refractivity contribution in [3.63, 3.8) is 0 Å². The first kappa shape index (κ1) is 10.9. The molecule has 0 bridgehead atoms. The average molecular weight is 236 g/mol. The summed E-state index contributed by atoms with van der Waals surface area (Å²) in [6, 6.07) is 3.62. The summed E-state index contributed by atoms with van der Waals surface area (Å²) in [5.74, 6) is -0.867. The minimum absolute atomic E-state index is 0.382. The van der Waals surface area contributed by atoms with Crippen LogP contribution in [0.3, 0.4) is 0 Å².